The molecule has 2 aromatic rings. The lowest BCUT2D eigenvalue weighted by molar-refractivity contribution is 0.0900. The average molecular weight is 315 g/mol. The van der Waals surface area contributed by atoms with Gasteiger partial charge in [-0.3, -0.25) is 9.69 Å². The highest BCUT2D eigenvalue weighted by molar-refractivity contribution is 5.97. The number of carbonyl (C=O) groups excluding carboxylic acids is 1. The van der Waals surface area contributed by atoms with Crippen LogP contribution in [-0.4, -0.2) is 64.6 Å². The molecule has 2 aliphatic rings. The molecule has 2 aliphatic heterocycles. The van der Waals surface area contributed by atoms with Crippen LogP contribution in [0.1, 0.15) is 29.6 Å². The van der Waals surface area contributed by atoms with Gasteiger partial charge in [0.15, 0.2) is 0 Å². The predicted molar refractivity (Wildman–Crippen MR) is 85.2 cm³/mol. The molecule has 1 amide bonds. The van der Waals surface area contributed by atoms with E-state index in [-0.39, 0.29) is 18.0 Å². The lowest BCUT2D eigenvalue weighted by atomic mass is 10.0. The summed E-state index contributed by atoms with van der Waals surface area (Å²) in [5, 5.41) is 13.7. The lowest BCUT2D eigenvalue weighted by Gasteiger charge is -2.34. The minimum absolute atomic E-state index is 0.0496. The normalized spacial score (nSPS) is 25.7. The van der Waals surface area contributed by atoms with Gasteiger partial charge in [0.05, 0.1) is 25.3 Å². The van der Waals surface area contributed by atoms with Crippen LogP contribution in [0.5, 0.6) is 0 Å². The van der Waals surface area contributed by atoms with Gasteiger partial charge in [-0.1, -0.05) is 6.42 Å². The molecule has 0 radical (unpaired) electrons. The SMILES string of the molecule is O=C(NC1COCC1N1CCCCC1)c1ccc2n[nH]nc2c1. The van der Waals surface area contributed by atoms with Gasteiger partial charge in [0.25, 0.3) is 5.91 Å². The van der Waals surface area contributed by atoms with Crippen LogP contribution in [0.3, 0.4) is 0 Å². The highest BCUT2D eigenvalue weighted by Crippen LogP contribution is 2.19. The summed E-state index contributed by atoms with van der Waals surface area (Å²) in [5.41, 5.74) is 2.07. The van der Waals surface area contributed by atoms with E-state index in [2.05, 4.69) is 25.6 Å². The molecule has 4 rings (SSSR count). The fraction of sp³-hybridized carbons (Fsp3) is 0.562. The zero-order chi connectivity index (χ0) is 15.6. The highest BCUT2D eigenvalue weighted by Gasteiger charge is 2.34. The van der Waals surface area contributed by atoms with Gasteiger partial charge < -0.3 is 10.1 Å². The van der Waals surface area contributed by atoms with Gasteiger partial charge in [0.2, 0.25) is 0 Å². The topological polar surface area (TPSA) is 83.1 Å². The minimum Gasteiger partial charge on any atom is -0.378 e. The molecule has 0 bridgehead atoms. The lowest BCUT2D eigenvalue weighted by Crippen LogP contribution is -2.52. The molecule has 0 spiro atoms. The summed E-state index contributed by atoms with van der Waals surface area (Å²) >= 11 is 0. The number of H-pyrrole nitrogens is 1. The van der Waals surface area contributed by atoms with Crippen LogP contribution in [0, 0.1) is 0 Å². The Labute approximate surface area is 134 Å². The van der Waals surface area contributed by atoms with E-state index < -0.39 is 0 Å². The van der Waals surface area contributed by atoms with E-state index in [1.54, 1.807) is 18.2 Å². The zero-order valence-electron chi connectivity index (χ0n) is 13.0. The molecular formula is C16H21N5O2. The van der Waals surface area contributed by atoms with E-state index >= 15 is 0 Å². The van der Waals surface area contributed by atoms with Crippen molar-refractivity contribution in [2.24, 2.45) is 0 Å². The van der Waals surface area contributed by atoms with Crippen LogP contribution in [0.4, 0.5) is 0 Å². The van der Waals surface area contributed by atoms with Crippen molar-refractivity contribution in [2.45, 2.75) is 31.3 Å². The number of hydrogen-bond donors (Lipinski definition) is 2. The number of benzene rings is 1. The third kappa shape index (κ3) is 2.94. The van der Waals surface area contributed by atoms with Crippen molar-refractivity contribution >= 4 is 16.9 Å². The van der Waals surface area contributed by atoms with Gasteiger partial charge in [-0.25, -0.2) is 0 Å². The largest absolute Gasteiger partial charge is 0.378 e. The average Bonchev–Trinajstić information content (AvgIpc) is 3.23. The maximum atomic E-state index is 12.6. The standard InChI is InChI=1S/C16H21N5O2/c22-16(11-4-5-12-13(8-11)19-20-18-12)17-14-9-23-10-15(14)21-6-2-1-3-7-21/h4-5,8,14-15H,1-3,6-7,9-10H2,(H,17,22)(H,18,19,20). The van der Waals surface area contributed by atoms with E-state index in [1.165, 1.54) is 19.3 Å². The molecule has 2 fully saturated rings. The van der Waals surface area contributed by atoms with Crippen molar-refractivity contribution in [3.8, 4) is 0 Å². The van der Waals surface area contributed by atoms with E-state index in [1.807, 2.05) is 0 Å². The van der Waals surface area contributed by atoms with Gasteiger partial charge in [-0.05, 0) is 44.1 Å². The number of amides is 1. The van der Waals surface area contributed by atoms with E-state index in [9.17, 15) is 4.79 Å². The second kappa shape index (κ2) is 6.25. The summed E-state index contributed by atoms with van der Waals surface area (Å²) < 4.78 is 5.63. The van der Waals surface area contributed by atoms with Crippen LogP contribution in [0.25, 0.3) is 11.0 Å². The number of hydrogen-bond acceptors (Lipinski definition) is 5. The Morgan fingerprint density at radius 1 is 1.17 bits per heavy atom. The van der Waals surface area contributed by atoms with Crippen molar-refractivity contribution in [1.82, 2.24) is 25.6 Å². The number of carbonyl (C=O) groups is 1. The van der Waals surface area contributed by atoms with Crippen LogP contribution >= 0.6 is 0 Å². The predicted octanol–water partition coefficient (Wildman–Crippen LogP) is 0.941. The van der Waals surface area contributed by atoms with Crippen molar-refractivity contribution in [1.29, 1.82) is 0 Å². The second-order valence-corrected chi connectivity index (χ2v) is 6.31. The van der Waals surface area contributed by atoms with Crippen molar-refractivity contribution in [3.63, 3.8) is 0 Å². The Balaban J connectivity index is 1.46. The van der Waals surface area contributed by atoms with Crippen molar-refractivity contribution in [3.05, 3.63) is 23.8 Å². The Morgan fingerprint density at radius 2 is 2.00 bits per heavy atom. The monoisotopic (exact) mass is 315 g/mol. The molecule has 3 heterocycles. The van der Waals surface area contributed by atoms with Crippen LogP contribution in [0.2, 0.25) is 0 Å². The summed E-state index contributed by atoms with van der Waals surface area (Å²) in [6.07, 6.45) is 3.78. The Kier molecular flexibility index (Phi) is 3.97. The Morgan fingerprint density at radius 3 is 2.87 bits per heavy atom. The third-order valence-electron chi connectivity index (χ3n) is 4.81. The summed E-state index contributed by atoms with van der Waals surface area (Å²) in [6, 6.07) is 5.69. The zero-order valence-corrected chi connectivity index (χ0v) is 13.0. The molecule has 7 heteroatoms. The number of nitrogens with zero attached hydrogens (tertiary/aromatic N) is 3. The Hall–Kier alpha value is -1.99. The molecule has 0 aliphatic carbocycles. The van der Waals surface area contributed by atoms with Gasteiger partial charge >= 0.3 is 0 Å². The van der Waals surface area contributed by atoms with Crippen LogP contribution < -0.4 is 5.32 Å². The fourth-order valence-corrected chi connectivity index (χ4v) is 3.52. The molecule has 1 aromatic carbocycles. The second-order valence-electron chi connectivity index (χ2n) is 6.31. The van der Waals surface area contributed by atoms with Crippen LogP contribution in [-0.2, 0) is 4.74 Å². The number of likely N-dealkylation sites (tertiary alicyclic amines) is 1. The molecule has 2 unspecified atom stereocenters. The highest BCUT2D eigenvalue weighted by atomic mass is 16.5. The number of nitrogens with one attached hydrogen (secondary N) is 2. The smallest absolute Gasteiger partial charge is 0.251 e. The molecule has 2 saturated heterocycles. The van der Waals surface area contributed by atoms with Crippen LogP contribution in [0.15, 0.2) is 18.2 Å². The number of piperidine rings is 1. The number of aromatic nitrogens is 3. The molecule has 7 nitrogen and oxygen atoms in total. The van der Waals surface area contributed by atoms with E-state index in [0.29, 0.717) is 24.3 Å². The number of ether oxygens (including phenoxy) is 1. The first kappa shape index (κ1) is 14.6. The molecule has 1 aromatic heterocycles. The van der Waals surface area contributed by atoms with Gasteiger partial charge in [-0.15, -0.1) is 0 Å². The summed E-state index contributed by atoms with van der Waals surface area (Å²) in [6.45, 7) is 3.49. The first-order valence-electron chi connectivity index (χ1n) is 8.24. The maximum absolute atomic E-state index is 12.6. The number of aromatic amines is 1. The van der Waals surface area contributed by atoms with Gasteiger partial charge in [0, 0.05) is 5.56 Å². The quantitative estimate of drug-likeness (QED) is 0.881. The molecule has 23 heavy (non-hydrogen) atoms. The Bertz CT molecular complexity index is 695. The molecule has 2 atom stereocenters. The van der Waals surface area contributed by atoms with E-state index in [0.717, 1.165) is 18.6 Å². The first-order chi connectivity index (χ1) is 11.3. The van der Waals surface area contributed by atoms with Crippen molar-refractivity contribution < 1.29 is 9.53 Å². The fourth-order valence-electron chi connectivity index (χ4n) is 3.52. The number of fused-ring (bicyclic) bond motifs is 1. The first-order valence-corrected chi connectivity index (χ1v) is 8.24. The van der Waals surface area contributed by atoms with Gasteiger partial charge in [0.1, 0.15) is 11.0 Å². The summed E-state index contributed by atoms with van der Waals surface area (Å²) in [5.74, 6) is -0.0765. The molecule has 122 valence electrons. The summed E-state index contributed by atoms with van der Waals surface area (Å²) in [4.78, 5) is 15.0. The maximum Gasteiger partial charge on any atom is 0.251 e. The van der Waals surface area contributed by atoms with E-state index in [4.69, 9.17) is 4.74 Å². The van der Waals surface area contributed by atoms with Gasteiger partial charge in [-0.2, -0.15) is 15.4 Å². The van der Waals surface area contributed by atoms with Crippen molar-refractivity contribution in [2.75, 3.05) is 26.3 Å². The summed E-state index contributed by atoms with van der Waals surface area (Å²) in [7, 11) is 0. The molecule has 2 N–H and O–H groups in total. The molecular weight excluding hydrogens is 294 g/mol. The third-order valence-corrected chi connectivity index (χ3v) is 4.81. The molecule has 0 saturated carbocycles. The minimum atomic E-state index is -0.0765. The number of rotatable bonds is 3.